The molecule has 2 aromatic heterocycles. The number of nitrogens with zero attached hydrogens (tertiary/aromatic N) is 3. The van der Waals surface area contributed by atoms with E-state index in [4.69, 9.17) is 4.74 Å². The summed E-state index contributed by atoms with van der Waals surface area (Å²) in [4.78, 5) is 8.34. The van der Waals surface area contributed by atoms with Gasteiger partial charge in [-0.05, 0) is 12.8 Å². The Morgan fingerprint density at radius 3 is 3.28 bits per heavy atom. The van der Waals surface area contributed by atoms with Crippen molar-refractivity contribution in [3.63, 3.8) is 0 Å². The van der Waals surface area contributed by atoms with Crippen molar-refractivity contribution in [2.45, 2.75) is 12.8 Å². The molecule has 18 heavy (non-hydrogen) atoms. The highest BCUT2D eigenvalue weighted by molar-refractivity contribution is 5.85. The number of ether oxygens (including phenoxy) is 1. The first kappa shape index (κ1) is 11.2. The Labute approximate surface area is 104 Å². The van der Waals surface area contributed by atoms with Gasteiger partial charge in [-0.2, -0.15) is 5.10 Å². The van der Waals surface area contributed by atoms with Gasteiger partial charge in [-0.3, -0.25) is 5.10 Å². The number of nitrogens with one attached hydrogen (secondary N) is 2. The Morgan fingerprint density at radius 2 is 2.39 bits per heavy atom. The zero-order valence-corrected chi connectivity index (χ0v) is 10.0. The molecule has 1 aliphatic heterocycles. The number of H-pyrrole nitrogens is 1. The quantitative estimate of drug-likeness (QED) is 0.798. The fourth-order valence-corrected chi connectivity index (χ4v) is 2.04. The summed E-state index contributed by atoms with van der Waals surface area (Å²) in [6.07, 6.45) is 7.50. The van der Waals surface area contributed by atoms with E-state index in [0.717, 1.165) is 49.5 Å². The first-order chi connectivity index (χ1) is 8.93. The third kappa shape index (κ3) is 2.33. The number of aromatic nitrogens is 4. The van der Waals surface area contributed by atoms with Gasteiger partial charge in [0.15, 0.2) is 5.65 Å². The lowest BCUT2D eigenvalue weighted by molar-refractivity contribution is 0.153. The van der Waals surface area contributed by atoms with Gasteiger partial charge >= 0.3 is 0 Å². The van der Waals surface area contributed by atoms with E-state index in [1.54, 1.807) is 6.20 Å². The van der Waals surface area contributed by atoms with Gasteiger partial charge in [-0.1, -0.05) is 11.6 Å². The first-order valence-corrected chi connectivity index (χ1v) is 6.07. The minimum atomic E-state index is 0.745. The zero-order valence-electron chi connectivity index (χ0n) is 10.0. The third-order valence-corrected chi connectivity index (χ3v) is 3.04. The summed E-state index contributed by atoms with van der Waals surface area (Å²) in [5.41, 5.74) is 2.21. The second-order valence-electron chi connectivity index (χ2n) is 4.22. The van der Waals surface area contributed by atoms with Crippen molar-refractivity contribution < 1.29 is 4.74 Å². The molecule has 94 valence electrons. The van der Waals surface area contributed by atoms with Crippen molar-refractivity contribution in [1.29, 1.82) is 0 Å². The number of hydrogen-bond donors (Lipinski definition) is 2. The number of anilines is 1. The Hall–Kier alpha value is -1.95. The van der Waals surface area contributed by atoms with Crippen LogP contribution in [0.3, 0.4) is 0 Å². The molecule has 0 saturated carbocycles. The highest BCUT2D eigenvalue weighted by atomic mass is 16.5. The van der Waals surface area contributed by atoms with E-state index in [-0.39, 0.29) is 0 Å². The van der Waals surface area contributed by atoms with Crippen molar-refractivity contribution in [2.24, 2.45) is 0 Å². The summed E-state index contributed by atoms with van der Waals surface area (Å²) in [6.45, 7) is 2.45. The normalized spacial score (nSPS) is 15.7. The molecule has 0 fully saturated rings. The highest BCUT2D eigenvalue weighted by Gasteiger charge is 2.06. The van der Waals surface area contributed by atoms with Crippen LogP contribution < -0.4 is 5.32 Å². The van der Waals surface area contributed by atoms with Gasteiger partial charge in [0.1, 0.15) is 12.1 Å². The monoisotopic (exact) mass is 245 g/mol. The maximum atomic E-state index is 5.28. The van der Waals surface area contributed by atoms with Crippen LogP contribution in [0, 0.1) is 0 Å². The van der Waals surface area contributed by atoms with Crippen molar-refractivity contribution in [3.05, 3.63) is 24.2 Å². The van der Waals surface area contributed by atoms with Crippen LogP contribution in [0.1, 0.15) is 12.8 Å². The molecule has 0 saturated heterocycles. The van der Waals surface area contributed by atoms with E-state index >= 15 is 0 Å². The maximum absolute atomic E-state index is 5.28. The number of rotatable bonds is 4. The largest absolute Gasteiger partial charge is 0.377 e. The van der Waals surface area contributed by atoms with Crippen molar-refractivity contribution in [1.82, 2.24) is 20.2 Å². The van der Waals surface area contributed by atoms with Crippen LogP contribution in [0.5, 0.6) is 0 Å². The molecular weight excluding hydrogens is 230 g/mol. The number of hydrogen-bond acceptors (Lipinski definition) is 5. The van der Waals surface area contributed by atoms with E-state index in [1.807, 2.05) is 0 Å². The van der Waals surface area contributed by atoms with Crippen LogP contribution in [-0.4, -0.2) is 39.9 Å². The zero-order chi connectivity index (χ0) is 12.2. The fourth-order valence-electron chi connectivity index (χ4n) is 2.04. The predicted octanol–water partition coefficient (Wildman–Crippen LogP) is 1.50. The van der Waals surface area contributed by atoms with E-state index in [9.17, 15) is 0 Å². The standard InChI is InChI=1S/C12H15N5O/c1(9-2-5-18-6-3-9)4-13-11-10-7-16-17-12(10)15-8-14-11/h2,7-8H,1,3-6H2,(H2,13,14,15,16,17). The van der Waals surface area contributed by atoms with Gasteiger partial charge in [0.2, 0.25) is 0 Å². The average Bonchev–Trinajstić information content (AvgIpc) is 2.89. The van der Waals surface area contributed by atoms with E-state index in [1.165, 1.54) is 11.9 Å². The lowest BCUT2D eigenvalue weighted by Gasteiger charge is -2.13. The summed E-state index contributed by atoms with van der Waals surface area (Å²) in [5.74, 6) is 0.835. The highest BCUT2D eigenvalue weighted by Crippen LogP contribution is 2.17. The van der Waals surface area contributed by atoms with E-state index in [2.05, 4.69) is 31.6 Å². The molecule has 0 aliphatic carbocycles. The Bertz CT molecular complexity index is 562. The topological polar surface area (TPSA) is 75.7 Å². The second kappa shape index (κ2) is 5.14. The van der Waals surface area contributed by atoms with Gasteiger partial charge in [-0.15, -0.1) is 0 Å². The van der Waals surface area contributed by atoms with Crippen molar-refractivity contribution in [2.75, 3.05) is 25.1 Å². The molecule has 2 N–H and O–H groups in total. The average molecular weight is 245 g/mol. The third-order valence-electron chi connectivity index (χ3n) is 3.04. The summed E-state index contributed by atoms with van der Waals surface area (Å²) < 4.78 is 5.28. The van der Waals surface area contributed by atoms with Gasteiger partial charge in [0, 0.05) is 6.54 Å². The van der Waals surface area contributed by atoms with Crippen LogP contribution in [0.4, 0.5) is 5.82 Å². The first-order valence-electron chi connectivity index (χ1n) is 6.07. The van der Waals surface area contributed by atoms with Crippen LogP contribution in [0.15, 0.2) is 24.2 Å². The molecule has 0 aromatic carbocycles. The summed E-state index contributed by atoms with van der Waals surface area (Å²) in [5, 5.41) is 11.1. The van der Waals surface area contributed by atoms with Crippen LogP contribution >= 0.6 is 0 Å². The lowest BCUT2D eigenvalue weighted by atomic mass is 10.1. The molecule has 0 spiro atoms. The molecule has 0 amide bonds. The molecule has 6 nitrogen and oxygen atoms in total. The number of aromatic amines is 1. The van der Waals surface area contributed by atoms with E-state index in [0.29, 0.717) is 0 Å². The summed E-state index contributed by atoms with van der Waals surface area (Å²) in [6, 6.07) is 0. The van der Waals surface area contributed by atoms with Crippen molar-refractivity contribution in [3.8, 4) is 0 Å². The second-order valence-corrected chi connectivity index (χ2v) is 4.22. The summed E-state index contributed by atoms with van der Waals surface area (Å²) >= 11 is 0. The fraction of sp³-hybridized carbons (Fsp3) is 0.417. The van der Waals surface area contributed by atoms with Crippen LogP contribution in [0.25, 0.3) is 11.0 Å². The molecule has 6 heteroatoms. The Morgan fingerprint density at radius 1 is 1.39 bits per heavy atom. The van der Waals surface area contributed by atoms with Crippen LogP contribution in [-0.2, 0) is 4.74 Å². The van der Waals surface area contributed by atoms with E-state index < -0.39 is 0 Å². The molecule has 0 bridgehead atoms. The molecule has 0 radical (unpaired) electrons. The summed E-state index contributed by atoms with van der Waals surface area (Å²) in [7, 11) is 0. The van der Waals surface area contributed by atoms with Gasteiger partial charge in [0.25, 0.3) is 0 Å². The lowest BCUT2D eigenvalue weighted by Crippen LogP contribution is -2.09. The van der Waals surface area contributed by atoms with Crippen molar-refractivity contribution >= 4 is 16.9 Å². The molecular formula is C12H15N5O. The van der Waals surface area contributed by atoms with Crippen LogP contribution in [0.2, 0.25) is 0 Å². The van der Waals surface area contributed by atoms with Gasteiger partial charge < -0.3 is 10.1 Å². The molecule has 1 aliphatic rings. The SMILES string of the molecule is C1=C(CCNc2ncnc3[nH]ncc23)CCOC1. The molecule has 2 aromatic rings. The Balaban J connectivity index is 1.62. The minimum absolute atomic E-state index is 0.745. The van der Waals surface area contributed by atoms with Gasteiger partial charge in [0.05, 0.1) is 24.8 Å². The maximum Gasteiger partial charge on any atom is 0.160 e. The molecule has 3 rings (SSSR count). The molecule has 3 heterocycles. The minimum Gasteiger partial charge on any atom is -0.377 e. The smallest absolute Gasteiger partial charge is 0.160 e. The molecule has 0 unspecified atom stereocenters. The Kier molecular flexibility index (Phi) is 3.18. The van der Waals surface area contributed by atoms with Gasteiger partial charge in [-0.25, -0.2) is 9.97 Å². The predicted molar refractivity (Wildman–Crippen MR) is 68.3 cm³/mol. The molecule has 0 atom stereocenters. The number of fused-ring (bicyclic) bond motifs is 1.